The molecule has 4 rings (SSSR count). The van der Waals surface area contributed by atoms with Crippen molar-refractivity contribution in [1.82, 2.24) is 14.7 Å². The zero-order chi connectivity index (χ0) is 20.4. The summed E-state index contributed by atoms with van der Waals surface area (Å²) >= 11 is 8.39. The Kier molecular flexibility index (Phi) is 5.89. The third-order valence-corrected chi connectivity index (χ3v) is 6.85. The monoisotopic (exact) mass is 437 g/mol. The topological polar surface area (TPSA) is 38.1 Å². The second-order valence-electron chi connectivity index (χ2n) is 6.41. The third-order valence-electron chi connectivity index (χ3n) is 4.48. The molecular weight excluding hydrogens is 418 g/mol. The van der Waals surface area contributed by atoms with Gasteiger partial charge in [-0.05, 0) is 36.1 Å². The fourth-order valence-electron chi connectivity index (χ4n) is 2.99. The fraction of sp³-hybridized carbons (Fsp3) is 0.136. The van der Waals surface area contributed by atoms with Gasteiger partial charge in [-0.2, -0.15) is 5.10 Å². The minimum Gasteiger partial charge on any atom is -0.296 e. The molecule has 1 fully saturated rings. The third kappa shape index (κ3) is 4.17. The highest BCUT2D eigenvalue weighted by Gasteiger charge is 2.29. The highest BCUT2D eigenvalue weighted by molar-refractivity contribution is 8.26. The van der Waals surface area contributed by atoms with Crippen LogP contribution >= 0.6 is 35.7 Å². The van der Waals surface area contributed by atoms with E-state index in [1.165, 1.54) is 21.6 Å². The molecule has 0 saturated carbocycles. The number of para-hydroxylation sites is 1. The van der Waals surface area contributed by atoms with E-state index in [2.05, 4.69) is 31.2 Å². The SMILES string of the molecule is CCSc1ccc(-c2nn(-c3ccccc3)cc2/C=C2\SC(=S)N(C)C2=O)cc1. The van der Waals surface area contributed by atoms with Gasteiger partial charge in [0.05, 0.1) is 16.3 Å². The number of carbonyl (C=O) groups is 1. The molecule has 1 saturated heterocycles. The van der Waals surface area contributed by atoms with Crippen molar-refractivity contribution >= 4 is 52.0 Å². The van der Waals surface area contributed by atoms with Gasteiger partial charge >= 0.3 is 0 Å². The van der Waals surface area contributed by atoms with E-state index in [9.17, 15) is 4.79 Å². The molecule has 2 aromatic carbocycles. The molecule has 4 nitrogen and oxygen atoms in total. The lowest BCUT2D eigenvalue weighted by molar-refractivity contribution is -0.121. The van der Waals surface area contributed by atoms with Gasteiger partial charge in [-0.15, -0.1) is 11.8 Å². The molecule has 0 spiro atoms. The predicted molar refractivity (Wildman–Crippen MR) is 126 cm³/mol. The van der Waals surface area contributed by atoms with Crippen LogP contribution in [0, 0.1) is 0 Å². The van der Waals surface area contributed by atoms with Crippen LogP contribution in [-0.2, 0) is 4.79 Å². The van der Waals surface area contributed by atoms with Crippen molar-refractivity contribution in [2.75, 3.05) is 12.8 Å². The van der Waals surface area contributed by atoms with Gasteiger partial charge in [0.25, 0.3) is 5.91 Å². The van der Waals surface area contributed by atoms with E-state index in [-0.39, 0.29) is 5.91 Å². The summed E-state index contributed by atoms with van der Waals surface area (Å²) in [5.41, 5.74) is 3.70. The fourth-order valence-corrected chi connectivity index (χ4v) is 4.82. The second kappa shape index (κ2) is 8.57. The first kappa shape index (κ1) is 19.9. The molecule has 2 heterocycles. The molecule has 0 radical (unpaired) electrons. The zero-order valence-electron chi connectivity index (χ0n) is 16.0. The van der Waals surface area contributed by atoms with E-state index >= 15 is 0 Å². The zero-order valence-corrected chi connectivity index (χ0v) is 18.5. The summed E-state index contributed by atoms with van der Waals surface area (Å²) in [5.74, 6) is 0.958. The van der Waals surface area contributed by atoms with E-state index in [0.717, 1.165) is 28.3 Å². The summed E-state index contributed by atoms with van der Waals surface area (Å²) < 4.78 is 2.42. The highest BCUT2D eigenvalue weighted by atomic mass is 32.2. The number of likely N-dealkylation sites (N-methyl/N-ethyl adjacent to an activating group) is 1. The molecule has 1 aliphatic heterocycles. The standard InChI is InChI=1S/C22H19N3OS3/c1-3-28-18-11-9-15(10-12-18)20-16(13-19-21(26)24(2)22(27)29-19)14-25(23-20)17-7-5-4-6-8-17/h4-14H,3H2,1-2H3/b19-13-. The summed E-state index contributed by atoms with van der Waals surface area (Å²) in [6, 6.07) is 18.3. The number of rotatable bonds is 5. The predicted octanol–water partition coefficient (Wildman–Crippen LogP) is 5.48. The molecule has 1 aliphatic rings. The first-order valence-corrected chi connectivity index (χ1v) is 11.4. The number of carbonyl (C=O) groups excluding carboxylic acids is 1. The Hall–Kier alpha value is -2.35. The lowest BCUT2D eigenvalue weighted by atomic mass is 10.1. The maximum atomic E-state index is 12.5. The van der Waals surface area contributed by atoms with Crippen molar-refractivity contribution in [3.8, 4) is 16.9 Å². The van der Waals surface area contributed by atoms with Crippen LogP contribution in [0.25, 0.3) is 23.0 Å². The molecule has 1 amide bonds. The van der Waals surface area contributed by atoms with Gasteiger partial charge < -0.3 is 0 Å². The highest BCUT2D eigenvalue weighted by Crippen LogP contribution is 2.34. The van der Waals surface area contributed by atoms with Crippen molar-refractivity contribution < 1.29 is 4.79 Å². The Morgan fingerprint density at radius 1 is 1.14 bits per heavy atom. The quantitative estimate of drug-likeness (QED) is 0.300. The van der Waals surface area contributed by atoms with Crippen molar-refractivity contribution in [3.05, 3.63) is 71.3 Å². The minimum atomic E-state index is -0.0758. The van der Waals surface area contributed by atoms with Crippen LogP contribution in [-0.4, -0.2) is 37.7 Å². The Morgan fingerprint density at radius 2 is 1.86 bits per heavy atom. The lowest BCUT2D eigenvalue weighted by Crippen LogP contribution is -2.22. The van der Waals surface area contributed by atoms with Crippen molar-refractivity contribution in [1.29, 1.82) is 0 Å². The van der Waals surface area contributed by atoms with Crippen molar-refractivity contribution in [2.24, 2.45) is 0 Å². The Labute approximate surface area is 184 Å². The molecule has 0 unspecified atom stereocenters. The first-order chi connectivity index (χ1) is 14.1. The van der Waals surface area contributed by atoms with Crippen LogP contribution < -0.4 is 0 Å². The summed E-state index contributed by atoms with van der Waals surface area (Å²) in [4.78, 5) is 15.8. The van der Waals surface area contributed by atoms with Crippen LogP contribution in [0.15, 0.2) is 70.6 Å². The van der Waals surface area contributed by atoms with Crippen molar-refractivity contribution in [3.63, 3.8) is 0 Å². The van der Waals surface area contributed by atoms with Crippen LogP contribution in [0.2, 0.25) is 0 Å². The number of thioether (sulfide) groups is 2. The summed E-state index contributed by atoms with van der Waals surface area (Å²) in [7, 11) is 1.71. The molecule has 0 atom stereocenters. The Bertz CT molecular complexity index is 1090. The van der Waals surface area contributed by atoms with E-state index in [1.807, 2.05) is 47.3 Å². The lowest BCUT2D eigenvalue weighted by Gasteiger charge is -2.04. The van der Waals surface area contributed by atoms with E-state index in [4.69, 9.17) is 17.3 Å². The molecule has 0 bridgehead atoms. The van der Waals surface area contributed by atoms with E-state index in [1.54, 1.807) is 18.8 Å². The molecule has 146 valence electrons. The van der Waals surface area contributed by atoms with E-state index < -0.39 is 0 Å². The number of nitrogens with zero attached hydrogens (tertiary/aromatic N) is 3. The van der Waals surface area contributed by atoms with Crippen LogP contribution in [0.4, 0.5) is 0 Å². The Balaban J connectivity index is 1.79. The number of amides is 1. The van der Waals surface area contributed by atoms with E-state index in [0.29, 0.717) is 9.23 Å². The number of aromatic nitrogens is 2. The van der Waals surface area contributed by atoms with Gasteiger partial charge in [0.2, 0.25) is 0 Å². The molecule has 0 N–H and O–H groups in total. The normalized spacial score (nSPS) is 15.5. The first-order valence-electron chi connectivity index (χ1n) is 9.16. The molecule has 0 aliphatic carbocycles. The summed E-state index contributed by atoms with van der Waals surface area (Å²) in [6.45, 7) is 2.14. The van der Waals surface area contributed by atoms with Gasteiger partial charge in [0.15, 0.2) is 0 Å². The average molecular weight is 438 g/mol. The average Bonchev–Trinajstić information content (AvgIpc) is 3.27. The van der Waals surface area contributed by atoms with Crippen molar-refractivity contribution in [2.45, 2.75) is 11.8 Å². The molecular formula is C22H19N3OS3. The Morgan fingerprint density at radius 3 is 2.48 bits per heavy atom. The number of thiocarbonyl (C=S) groups is 1. The minimum absolute atomic E-state index is 0.0758. The number of hydrogen-bond acceptors (Lipinski definition) is 5. The molecule has 7 heteroatoms. The van der Waals surface area contributed by atoms with Crippen LogP contribution in [0.5, 0.6) is 0 Å². The second-order valence-corrected chi connectivity index (χ2v) is 9.42. The van der Waals surface area contributed by atoms with Gasteiger partial charge in [0.1, 0.15) is 4.32 Å². The smallest absolute Gasteiger partial charge is 0.265 e. The number of benzene rings is 2. The maximum Gasteiger partial charge on any atom is 0.265 e. The van der Waals surface area contributed by atoms with Crippen LogP contribution in [0.3, 0.4) is 0 Å². The van der Waals surface area contributed by atoms with Crippen LogP contribution in [0.1, 0.15) is 12.5 Å². The summed E-state index contributed by atoms with van der Waals surface area (Å²) in [5, 5.41) is 4.83. The van der Waals surface area contributed by atoms with Gasteiger partial charge in [0, 0.05) is 29.3 Å². The van der Waals surface area contributed by atoms with Gasteiger partial charge in [-0.1, -0.05) is 61.2 Å². The molecule has 29 heavy (non-hydrogen) atoms. The largest absolute Gasteiger partial charge is 0.296 e. The summed E-state index contributed by atoms with van der Waals surface area (Å²) in [6.07, 6.45) is 3.85. The molecule has 1 aromatic heterocycles. The number of hydrogen-bond donors (Lipinski definition) is 0. The molecule has 3 aromatic rings. The maximum absolute atomic E-state index is 12.5. The van der Waals surface area contributed by atoms with Gasteiger partial charge in [-0.25, -0.2) is 4.68 Å². The van der Waals surface area contributed by atoms with Gasteiger partial charge in [-0.3, -0.25) is 9.69 Å².